The van der Waals surface area contributed by atoms with Crippen LogP contribution >= 0.6 is 23.1 Å². The molecule has 30 heteroatoms. The minimum absolute atomic E-state index is 0.00392. The first kappa shape index (κ1) is 55.6. The van der Waals surface area contributed by atoms with E-state index in [2.05, 4.69) is 39.8 Å². The first-order valence-corrected chi connectivity index (χ1v) is 27.3. The van der Waals surface area contributed by atoms with Gasteiger partial charge in [-0.1, -0.05) is 0 Å². The normalized spacial score (nSPS) is 12.0. The van der Waals surface area contributed by atoms with E-state index in [1.54, 1.807) is 24.3 Å². The Labute approximate surface area is 439 Å². The van der Waals surface area contributed by atoms with Gasteiger partial charge in [0.05, 0.1) is 86.2 Å². The lowest BCUT2D eigenvalue weighted by atomic mass is 10.2. The summed E-state index contributed by atoms with van der Waals surface area (Å²) in [4.78, 5) is 18.8. The van der Waals surface area contributed by atoms with Crippen molar-refractivity contribution < 1.29 is 55.1 Å². The molecule has 0 saturated carbocycles. The number of nitrogens with one attached hydrogen (secondary N) is 2. The molecule has 0 aliphatic rings. The van der Waals surface area contributed by atoms with Gasteiger partial charge in [-0.25, -0.2) is 0 Å². The summed E-state index contributed by atoms with van der Waals surface area (Å²) in [5.74, 6) is 0.449. The van der Waals surface area contributed by atoms with Crippen LogP contribution < -0.4 is 44.3 Å². The summed E-state index contributed by atoms with van der Waals surface area (Å²) >= 11 is 1.68. The highest BCUT2D eigenvalue weighted by Crippen LogP contribution is 2.46. The van der Waals surface area contributed by atoms with Crippen molar-refractivity contribution in [1.29, 1.82) is 0 Å². The van der Waals surface area contributed by atoms with Gasteiger partial charge in [-0.05, 0) is 87.2 Å². The van der Waals surface area contributed by atoms with E-state index in [1.807, 2.05) is 37.5 Å². The number of aliphatic hydroxyl groups excluding tert-OH is 2. The van der Waals surface area contributed by atoms with Gasteiger partial charge in [0.1, 0.15) is 44.2 Å². The first-order valence-electron chi connectivity index (χ1n) is 22.9. The number of nitrogens with zero attached hydrogens (tertiary/aromatic N) is 12. The highest BCUT2D eigenvalue weighted by atomic mass is 32.2. The summed E-state index contributed by atoms with van der Waals surface area (Å²) in [6.07, 6.45) is 0. The van der Waals surface area contributed by atoms with Crippen molar-refractivity contribution in [3.05, 3.63) is 48.5 Å². The van der Waals surface area contributed by atoms with Gasteiger partial charge in [0.2, 0.25) is 17.8 Å². The van der Waals surface area contributed by atoms with E-state index >= 15 is 0 Å². The van der Waals surface area contributed by atoms with Crippen LogP contribution in [0.25, 0.3) is 21.8 Å². The van der Waals surface area contributed by atoms with Gasteiger partial charge >= 0.3 is 0 Å². The zero-order chi connectivity index (χ0) is 54.2. The molecule has 3 heterocycles. The Bertz CT molecular complexity index is 3260. The van der Waals surface area contributed by atoms with Crippen LogP contribution in [-0.2, 0) is 20.2 Å². The highest BCUT2D eigenvalue weighted by molar-refractivity contribution is 7.86. The maximum absolute atomic E-state index is 12.7. The van der Waals surface area contributed by atoms with E-state index in [0.29, 0.717) is 49.1 Å². The summed E-state index contributed by atoms with van der Waals surface area (Å²) in [7, 11) is -4.15. The number of fused-ring (bicyclic) bond motifs is 2. The molecule has 0 amide bonds. The van der Waals surface area contributed by atoms with Crippen LogP contribution in [0.4, 0.5) is 62.0 Å². The van der Waals surface area contributed by atoms with Crippen LogP contribution in [-0.4, -0.2) is 141 Å². The van der Waals surface area contributed by atoms with Crippen molar-refractivity contribution in [2.45, 2.75) is 37.5 Å². The number of hydrogen-bond acceptors (Lipinski definition) is 26. The molecule has 6 N–H and O–H groups in total. The van der Waals surface area contributed by atoms with Gasteiger partial charge in [-0.2, -0.15) is 40.5 Å². The highest BCUT2D eigenvalue weighted by Gasteiger charge is 2.28. The van der Waals surface area contributed by atoms with Gasteiger partial charge in [0, 0.05) is 51.4 Å². The van der Waals surface area contributed by atoms with Crippen LogP contribution in [0.1, 0.15) is 27.7 Å². The standard InChI is InChI=1S/C45H54N14O12S4/c1-9-57(10-2)31-21-27(29(23-35(31)70-7)51-53-41-37-25(55-72-41)13-15-33(68-5)39(37)74(62,63)64)46-43-48-44(50-45(49-43)59(17-19-60)18-20-61)47-28-22-32(58(11-3)12-4)36(71-8)24-30(28)52-54-42-38-26(56-73-42)14-16-34(69-6)40(38)75(65,66)67/h13-16,21-24,60-61H,9-12,17-20H2,1-8H3,(H,62,63,64)(H,65,66,67)(H2,46,47,48,49,50). The zero-order valence-electron chi connectivity index (χ0n) is 41.8. The molecule has 0 unspecified atom stereocenters. The third kappa shape index (κ3) is 12.0. The van der Waals surface area contributed by atoms with Crippen LogP contribution in [0.5, 0.6) is 23.0 Å². The first-order chi connectivity index (χ1) is 36.0. The van der Waals surface area contributed by atoms with Gasteiger partial charge < -0.3 is 54.5 Å². The molecule has 75 heavy (non-hydrogen) atoms. The quantitative estimate of drug-likeness (QED) is 0.0231. The molecule has 26 nitrogen and oxygen atoms in total. The molecule has 7 aromatic rings. The van der Waals surface area contributed by atoms with Crippen molar-refractivity contribution in [2.75, 3.05) is 106 Å². The molecule has 0 spiro atoms. The van der Waals surface area contributed by atoms with Gasteiger partial charge in [-0.15, -0.1) is 20.5 Å². The molecule has 7 rings (SSSR count). The number of benzene rings is 4. The molecule has 0 atom stereocenters. The van der Waals surface area contributed by atoms with Crippen LogP contribution in [0.3, 0.4) is 0 Å². The molecule has 400 valence electrons. The molecule has 0 aliphatic heterocycles. The summed E-state index contributed by atoms with van der Waals surface area (Å²) in [5, 5.41) is 44.8. The number of hydrogen-bond donors (Lipinski definition) is 6. The van der Waals surface area contributed by atoms with E-state index in [-0.39, 0.29) is 110 Å². The minimum Gasteiger partial charge on any atom is -0.495 e. The Hall–Kier alpha value is -7.19. The van der Waals surface area contributed by atoms with E-state index in [1.165, 1.54) is 57.6 Å². The summed E-state index contributed by atoms with van der Waals surface area (Å²) in [5.41, 5.74) is 2.61. The lowest BCUT2D eigenvalue weighted by molar-refractivity contribution is 0.280. The third-order valence-corrected chi connectivity index (χ3v) is 14.8. The smallest absolute Gasteiger partial charge is 0.299 e. The predicted octanol–water partition coefficient (Wildman–Crippen LogP) is 8.42. The Morgan fingerprint density at radius 2 is 0.933 bits per heavy atom. The number of ether oxygens (including phenoxy) is 4. The monoisotopic (exact) mass is 1110 g/mol. The van der Waals surface area contributed by atoms with Crippen LogP contribution in [0, 0.1) is 0 Å². The Kier molecular flexibility index (Phi) is 17.8. The molecule has 0 fully saturated rings. The Morgan fingerprint density at radius 1 is 0.547 bits per heavy atom. The lowest BCUT2D eigenvalue weighted by Crippen LogP contribution is -2.31. The van der Waals surface area contributed by atoms with Crippen molar-refractivity contribution in [3.8, 4) is 23.0 Å². The predicted molar refractivity (Wildman–Crippen MR) is 286 cm³/mol. The summed E-state index contributed by atoms with van der Waals surface area (Å²) in [6.45, 7) is 9.53. The summed E-state index contributed by atoms with van der Waals surface area (Å²) in [6, 6.07) is 12.5. The molecular weight excluding hydrogens is 1060 g/mol. The molecule has 4 aromatic carbocycles. The lowest BCUT2D eigenvalue weighted by Gasteiger charge is -2.25. The van der Waals surface area contributed by atoms with E-state index in [4.69, 9.17) is 33.9 Å². The second kappa shape index (κ2) is 24.0. The van der Waals surface area contributed by atoms with Crippen molar-refractivity contribution in [2.24, 2.45) is 20.5 Å². The number of azo groups is 2. The van der Waals surface area contributed by atoms with Crippen LogP contribution in [0.15, 0.2) is 78.8 Å². The van der Waals surface area contributed by atoms with Gasteiger partial charge in [0.15, 0.2) is 10.0 Å². The largest absolute Gasteiger partial charge is 0.495 e. The van der Waals surface area contributed by atoms with Gasteiger partial charge in [-0.3, -0.25) is 9.11 Å². The fourth-order valence-electron chi connectivity index (χ4n) is 7.96. The fourth-order valence-corrected chi connectivity index (χ4v) is 11.2. The molecule has 0 aliphatic carbocycles. The Morgan fingerprint density at radius 3 is 1.27 bits per heavy atom. The third-order valence-electron chi connectivity index (χ3n) is 11.5. The van der Waals surface area contributed by atoms with E-state index in [9.17, 15) is 36.2 Å². The molecule has 3 aromatic heterocycles. The maximum atomic E-state index is 12.7. The van der Waals surface area contributed by atoms with Gasteiger partial charge in [0.25, 0.3) is 20.2 Å². The number of anilines is 7. The molecule has 0 radical (unpaired) electrons. The summed E-state index contributed by atoms with van der Waals surface area (Å²) < 4.78 is 102. The molecule has 0 saturated heterocycles. The average molecular weight is 1110 g/mol. The molecule has 0 bridgehead atoms. The fraction of sp³-hybridized carbons (Fsp3) is 0.356. The van der Waals surface area contributed by atoms with E-state index < -0.39 is 30.0 Å². The zero-order valence-corrected chi connectivity index (χ0v) is 45.1. The topological polar surface area (TPSA) is 334 Å². The van der Waals surface area contributed by atoms with Crippen LogP contribution in [0.2, 0.25) is 0 Å². The van der Waals surface area contributed by atoms with Crippen molar-refractivity contribution >= 4 is 127 Å². The van der Waals surface area contributed by atoms with Crippen molar-refractivity contribution in [3.63, 3.8) is 0 Å². The number of aliphatic hydroxyl groups is 2. The Balaban J connectivity index is 1.41. The molecular formula is C45H54N14O12S4. The minimum atomic E-state index is -4.84. The maximum Gasteiger partial charge on any atom is 0.299 e. The van der Waals surface area contributed by atoms with E-state index in [0.717, 1.165) is 23.1 Å². The number of aromatic nitrogens is 5. The second-order valence-electron chi connectivity index (χ2n) is 15.7. The second-order valence-corrected chi connectivity index (χ2v) is 19.9. The number of methoxy groups -OCH3 is 4. The SMILES string of the molecule is CCN(CC)c1cc(Nc2nc(Nc3cc(N(CC)CC)c(OC)cc3N=Nc3snc4ccc(OC)c(S(=O)(=O)O)c34)nc(N(CCO)CCO)n2)c(N=Nc2snc3ccc(OC)c(S(=O)(=O)O)c23)cc1OC. The van der Waals surface area contributed by atoms with Crippen molar-refractivity contribution in [1.82, 2.24) is 23.7 Å². The number of rotatable bonds is 25. The average Bonchev–Trinajstić information content (AvgIpc) is 4.01.